The fourth-order valence-electron chi connectivity index (χ4n) is 3.46. The number of hydrogen-bond acceptors (Lipinski definition) is 5. The molecule has 0 amide bonds. The van der Waals surface area contributed by atoms with Gasteiger partial charge < -0.3 is 10.0 Å². The van der Waals surface area contributed by atoms with Crippen molar-refractivity contribution in [2.75, 3.05) is 24.5 Å². The summed E-state index contributed by atoms with van der Waals surface area (Å²) in [7, 11) is 0. The first-order valence-corrected chi connectivity index (χ1v) is 8.60. The van der Waals surface area contributed by atoms with Crippen molar-refractivity contribution in [2.45, 2.75) is 32.3 Å². The van der Waals surface area contributed by atoms with Gasteiger partial charge in [-0.15, -0.1) is 0 Å². The number of anilines is 1. The lowest BCUT2D eigenvalue weighted by Gasteiger charge is -2.30. The number of aliphatic imine (C=N–C) groups is 1. The second-order valence-electron chi connectivity index (χ2n) is 6.57. The standard InChI is InChI=1S/C19H22N4O/c1-13-17-10-15(3-2-14(17)4-7-21-13)18-11-20-12-19(22-18)23-8-5-16(24)6-9-23/h2-3,10-12,16,24H,4-9H2,1H3. The number of aliphatic hydroxyl groups excluding tert-OH is 1. The van der Waals surface area contributed by atoms with Gasteiger partial charge in [-0.1, -0.05) is 12.1 Å². The van der Waals surface area contributed by atoms with Crippen molar-refractivity contribution in [1.29, 1.82) is 0 Å². The van der Waals surface area contributed by atoms with Crippen molar-refractivity contribution in [2.24, 2.45) is 4.99 Å². The quantitative estimate of drug-likeness (QED) is 0.923. The topological polar surface area (TPSA) is 61.6 Å². The Labute approximate surface area is 142 Å². The Balaban J connectivity index is 1.65. The summed E-state index contributed by atoms with van der Waals surface area (Å²) < 4.78 is 0. The SMILES string of the molecule is CC1=NCCc2ccc(-c3cncc(N4CCC(O)CC4)n3)cc21. The highest BCUT2D eigenvalue weighted by Gasteiger charge is 2.19. The molecule has 124 valence electrons. The van der Waals surface area contributed by atoms with Crippen LogP contribution in [0.25, 0.3) is 11.3 Å². The van der Waals surface area contributed by atoms with Crippen LogP contribution in [0.2, 0.25) is 0 Å². The lowest BCUT2D eigenvalue weighted by molar-refractivity contribution is 0.145. The molecule has 4 rings (SSSR count). The number of nitrogens with zero attached hydrogens (tertiary/aromatic N) is 4. The third-order valence-electron chi connectivity index (χ3n) is 4.94. The molecule has 5 heteroatoms. The number of hydrogen-bond donors (Lipinski definition) is 1. The summed E-state index contributed by atoms with van der Waals surface area (Å²) in [6, 6.07) is 6.50. The fraction of sp³-hybridized carbons (Fsp3) is 0.421. The molecule has 3 heterocycles. The zero-order valence-corrected chi connectivity index (χ0v) is 13.9. The van der Waals surface area contributed by atoms with Crippen molar-refractivity contribution < 1.29 is 5.11 Å². The summed E-state index contributed by atoms with van der Waals surface area (Å²) in [5, 5.41) is 9.67. The number of piperidine rings is 1. The van der Waals surface area contributed by atoms with E-state index in [2.05, 4.69) is 40.0 Å². The lowest BCUT2D eigenvalue weighted by Crippen LogP contribution is -2.36. The highest BCUT2D eigenvalue weighted by molar-refractivity contribution is 6.01. The number of aromatic nitrogens is 2. The zero-order chi connectivity index (χ0) is 16.5. The number of fused-ring (bicyclic) bond motifs is 1. The maximum absolute atomic E-state index is 9.67. The summed E-state index contributed by atoms with van der Waals surface area (Å²) in [4.78, 5) is 16.0. The van der Waals surface area contributed by atoms with Gasteiger partial charge >= 0.3 is 0 Å². The summed E-state index contributed by atoms with van der Waals surface area (Å²) in [5.41, 5.74) is 5.66. The average Bonchev–Trinajstić information content (AvgIpc) is 2.63. The molecule has 1 aromatic carbocycles. The van der Waals surface area contributed by atoms with E-state index in [0.717, 1.165) is 61.7 Å². The number of benzene rings is 1. The van der Waals surface area contributed by atoms with Gasteiger partial charge in [0, 0.05) is 30.9 Å². The van der Waals surface area contributed by atoms with Crippen LogP contribution in [0.5, 0.6) is 0 Å². The summed E-state index contributed by atoms with van der Waals surface area (Å²) >= 11 is 0. The van der Waals surface area contributed by atoms with Gasteiger partial charge in [0.2, 0.25) is 0 Å². The molecule has 2 aliphatic rings. The molecule has 2 aromatic rings. The largest absolute Gasteiger partial charge is 0.393 e. The van der Waals surface area contributed by atoms with Crippen molar-refractivity contribution >= 4 is 11.5 Å². The smallest absolute Gasteiger partial charge is 0.147 e. The van der Waals surface area contributed by atoms with Crippen LogP contribution in [0.3, 0.4) is 0 Å². The molecule has 0 atom stereocenters. The van der Waals surface area contributed by atoms with E-state index in [1.165, 1.54) is 11.1 Å². The first kappa shape index (κ1) is 15.3. The van der Waals surface area contributed by atoms with E-state index < -0.39 is 0 Å². The monoisotopic (exact) mass is 322 g/mol. The van der Waals surface area contributed by atoms with Crippen LogP contribution >= 0.6 is 0 Å². The number of rotatable bonds is 2. The van der Waals surface area contributed by atoms with Crippen LogP contribution < -0.4 is 4.90 Å². The Hall–Kier alpha value is -2.27. The molecule has 24 heavy (non-hydrogen) atoms. The van der Waals surface area contributed by atoms with Gasteiger partial charge in [0.25, 0.3) is 0 Å². The molecule has 0 radical (unpaired) electrons. The van der Waals surface area contributed by atoms with Crippen molar-refractivity contribution in [1.82, 2.24) is 9.97 Å². The third kappa shape index (κ3) is 2.91. The van der Waals surface area contributed by atoms with Crippen LogP contribution in [-0.4, -0.2) is 46.5 Å². The molecule has 0 unspecified atom stereocenters. The molecule has 0 saturated carbocycles. The minimum atomic E-state index is -0.180. The Kier molecular flexibility index (Phi) is 4.02. The zero-order valence-electron chi connectivity index (χ0n) is 13.9. The third-order valence-corrected chi connectivity index (χ3v) is 4.94. The molecular weight excluding hydrogens is 300 g/mol. The predicted molar refractivity (Wildman–Crippen MR) is 95.7 cm³/mol. The molecule has 0 aliphatic carbocycles. The molecule has 2 aliphatic heterocycles. The van der Waals surface area contributed by atoms with Gasteiger partial charge in [0.05, 0.1) is 24.2 Å². The lowest BCUT2D eigenvalue weighted by atomic mass is 9.95. The normalized spacial score (nSPS) is 18.2. The number of aliphatic hydroxyl groups is 1. The van der Waals surface area contributed by atoms with E-state index in [-0.39, 0.29) is 6.10 Å². The minimum Gasteiger partial charge on any atom is -0.393 e. The Morgan fingerprint density at radius 2 is 2.00 bits per heavy atom. The van der Waals surface area contributed by atoms with Crippen LogP contribution in [-0.2, 0) is 6.42 Å². The molecule has 1 N–H and O–H groups in total. The molecule has 1 saturated heterocycles. The minimum absolute atomic E-state index is 0.180. The van der Waals surface area contributed by atoms with Gasteiger partial charge in [0.15, 0.2) is 0 Å². The molecule has 0 spiro atoms. The van der Waals surface area contributed by atoms with Crippen LogP contribution in [0.15, 0.2) is 35.6 Å². The molecular formula is C19H22N4O. The van der Waals surface area contributed by atoms with Crippen LogP contribution in [0.4, 0.5) is 5.82 Å². The fourth-order valence-corrected chi connectivity index (χ4v) is 3.46. The van der Waals surface area contributed by atoms with E-state index in [0.29, 0.717) is 0 Å². The van der Waals surface area contributed by atoms with Crippen LogP contribution in [0, 0.1) is 0 Å². The van der Waals surface area contributed by atoms with Gasteiger partial charge in [-0.2, -0.15) is 0 Å². The second kappa shape index (κ2) is 6.32. The van der Waals surface area contributed by atoms with Crippen molar-refractivity contribution in [3.8, 4) is 11.3 Å². The Bertz CT molecular complexity index is 779. The second-order valence-corrected chi connectivity index (χ2v) is 6.57. The summed E-state index contributed by atoms with van der Waals surface area (Å²) in [6.45, 7) is 4.61. The first-order valence-electron chi connectivity index (χ1n) is 8.60. The summed E-state index contributed by atoms with van der Waals surface area (Å²) in [6.07, 6.45) is 6.04. The highest BCUT2D eigenvalue weighted by Crippen LogP contribution is 2.26. The molecule has 5 nitrogen and oxygen atoms in total. The highest BCUT2D eigenvalue weighted by atomic mass is 16.3. The first-order chi connectivity index (χ1) is 11.7. The molecule has 0 bridgehead atoms. The molecule has 1 aromatic heterocycles. The van der Waals surface area contributed by atoms with E-state index >= 15 is 0 Å². The summed E-state index contributed by atoms with van der Waals surface area (Å²) in [5.74, 6) is 0.891. The average molecular weight is 322 g/mol. The van der Waals surface area contributed by atoms with Gasteiger partial charge in [-0.25, -0.2) is 4.98 Å². The van der Waals surface area contributed by atoms with Gasteiger partial charge in [-0.05, 0) is 43.4 Å². The maximum atomic E-state index is 9.67. The van der Waals surface area contributed by atoms with Gasteiger partial charge in [-0.3, -0.25) is 9.98 Å². The Morgan fingerprint density at radius 3 is 2.83 bits per heavy atom. The van der Waals surface area contributed by atoms with E-state index in [4.69, 9.17) is 4.98 Å². The predicted octanol–water partition coefficient (Wildman–Crippen LogP) is 2.47. The van der Waals surface area contributed by atoms with E-state index in [1.54, 1.807) is 0 Å². The van der Waals surface area contributed by atoms with E-state index in [9.17, 15) is 5.11 Å². The van der Waals surface area contributed by atoms with Crippen molar-refractivity contribution in [3.05, 3.63) is 41.7 Å². The van der Waals surface area contributed by atoms with Crippen LogP contribution in [0.1, 0.15) is 30.9 Å². The van der Waals surface area contributed by atoms with Crippen molar-refractivity contribution in [3.63, 3.8) is 0 Å². The maximum Gasteiger partial charge on any atom is 0.147 e. The van der Waals surface area contributed by atoms with Gasteiger partial charge in [0.1, 0.15) is 5.82 Å². The van der Waals surface area contributed by atoms with E-state index in [1.807, 2.05) is 12.4 Å². The molecule has 1 fully saturated rings. The Morgan fingerprint density at radius 1 is 1.17 bits per heavy atom.